The van der Waals surface area contributed by atoms with Crippen molar-refractivity contribution in [2.45, 2.75) is 32.7 Å². The summed E-state index contributed by atoms with van der Waals surface area (Å²) < 4.78 is 5.18. The Bertz CT molecular complexity index is 493. The van der Waals surface area contributed by atoms with Gasteiger partial charge >= 0.3 is 0 Å². The summed E-state index contributed by atoms with van der Waals surface area (Å²) in [5.74, 6) is 1.22. The predicted molar refractivity (Wildman–Crippen MR) is 64.2 cm³/mol. The summed E-state index contributed by atoms with van der Waals surface area (Å²) in [7, 11) is 0. The van der Waals surface area contributed by atoms with Crippen molar-refractivity contribution < 1.29 is 4.52 Å². The summed E-state index contributed by atoms with van der Waals surface area (Å²) in [4.78, 5) is 8.40. The molecule has 2 aromatic rings. The molecular weight excluding hydrogens is 216 g/mol. The van der Waals surface area contributed by atoms with Crippen molar-refractivity contribution in [1.29, 1.82) is 0 Å². The zero-order valence-corrected chi connectivity index (χ0v) is 10.1. The first-order valence-electron chi connectivity index (χ1n) is 5.66. The highest BCUT2D eigenvalue weighted by atomic mass is 16.5. The Balaban J connectivity index is 2.16. The van der Waals surface area contributed by atoms with E-state index < -0.39 is 0 Å². The van der Waals surface area contributed by atoms with Gasteiger partial charge in [0, 0.05) is 30.4 Å². The van der Waals surface area contributed by atoms with E-state index in [4.69, 9.17) is 10.3 Å². The Labute approximate surface area is 100 Å². The van der Waals surface area contributed by atoms with Gasteiger partial charge in [-0.15, -0.1) is 0 Å². The van der Waals surface area contributed by atoms with Gasteiger partial charge in [0.05, 0.1) is 0 Å². The molecule has 0 aliphatic rings. The van der Waals surface area contributed by atoms with Crippen LogP contribution in [-0.4, -0.2) is 21.2 Å². The van der Waals surface area contributed by atoms with Crippen LogP contribution < -0.4 is 5.73 Å². The minimum absolute atomic E-state index is 0.144. The summed E-state index contributed by atoms with van der Waals surface area (Å²) in [6.45, 7) is 3.96. The molecule has 17 heavy (non-hydrogen) atoms. The molecule has 0 radical (unpaired) electrons. The lowest BCUT2D eigenvalue weighted by Gasteiger charge is -1.99. The maximum Gasteiger partial charge on any atom is 0.227 e. The summed E-state index contributed by atoms with van der Waals surface area (Å²) in [6, 6.07) is 2.07. The molecule has 5 heteroatoms. The minimum Gasteiger partial charge on any atom is -0.339 e. The summed E-state index contributed by atoms with van der Waals surface area (Å²) in [5.41, 5.74) is 7.67. The molecule has 0 aromatic carbocycles. The molecule has 0 bridgehead atoms. The van der Waals surface area contributed by atoms with E-state index >= 15 is 0 Å². The molecule has 1 unspecified atom stereocenters. The van der Waals surface area contributed by atoms with Gasteiger partial charge in [-0.25, -0.2) is 0 Å². The maximum atomic E-state index is 5.68. The Morgan fingerprint density at radius 1 is 1.47 bits per heavy atom. The topological polar surface area (TPSA) is 77.8 Å². The van der Waals surface area contributed by atoms with Crippen LogP contribution in [0.2, 0.25) is 0 Å². The molecule has 5 nitrogen and oxygen atoms in total. The van der Waals surface area contributed by atoms with E-state index in [1.54, 1.807) is 12.4 Å². The molecule has 0 aliphatic carbocycles. The van der Waals surface area contributed by atoms with Gasteiger partial charge in [-0.1, -0.05) is 5.16 Å². The molecule has 0 saturated heterocycles. The quantitative estimate of drug-likeness (QED) is 0.868. The number of nitrogens with zero attached hydrogens (tertiary/aromatic N) is 3. The van der Waals surface area contributed by atoms with Crippen molar-refractivity contribution in [3.05, 3.63) is 29.9 Å². The highest BCUT2D eigenvalue weighted by Crippen LogP contribution is 2.18. The number of rotatable bonds is 4. The molecule has 0 aliphatic heterocycles. The van der Waals surface area contributed by atoms with Gasteiger partial charge in [-0.2, -0.15) is 4.98 Å². The van der Waals surface area contributed by atoms with Crippen LogP contribution in [0, 0.1) is 6.92 Å². The lowest BCUT2D eigenvalue weighted by molar-refractivity contribution is 0.372. The fraction of sp³-hybridized carbons (Fsp3) is 0.417. The molecule has 2 heterocycles. The monoisotopic (exact) mass is 232 g/mol. The molecule has 0 saturated carbocycles. The fourth-order valence-corrected chi connectivity index (χ4v) is 1.52. The highest BCUT2D eigenvalue weighted by Gasteiger charge is 2.11. The number of pyridine rings is 1. The zero-order valence-electron chi connectivity index (χ0n) is 10.1. The SMILES string of the molecule is Cc1ccncc1-c1noc(CCC(C)N)n1. The first-order valence-corrected chi connectivity index (χ1v) is 5.66. The second kappa shape index (κ2) is 5.05. The van der Waals surface area contributed by atoms with Crippen LogP contribution in [0.25, 0.3) is 11.4 Å². The smallest absolute Gasteiger partial charge is 0.227 e. The van der Waals surface area contributed by atoms with Crippen molar-refractivity contribution in [1.82, 2.24) is 15.1 Å². The average molecular weight is 232 g/mol. The van der Waals surface area contributed by atoms with E-state index in [9.17, 15) is 0 Å². The first-order chi connectivity index (χ1) is 8.16. The van der Waals surface area contributed by atoms with E-state index in [0.29, 0.717) is 18.1 Å². The van der Waals surface area contributed by atoms with Crippen LogP contribution >= 0.6 is 0 Å². The van der Waals surface area contributed by atoms with Gasteiger partial charge in [0.1, 0.15) is 0 Å². The van der Waals surface area contributed by atoms with Gasteiger partial charge < -0.3 is 10.3 Å². The molecule has 0 amide bonds. The number of aromatic nitrogens is 3. The summed E-state index contributed by atoms with van der Waals surface area (Å²) in [5, 5.41) is 3.96. The van der Waals surface area contributed by atoms with E-state index in [1.165, 1.54) is 0 Å². The van der Waals surface area contributed by atoms with Crippen molar-refractivity contribution in [3.63, 3.8) is 0 Å². The van der Waals surface area contributed by atoms with E-state index in [1.807, 2.05) is 19.9 Å². The molecular formula is C12H16N4O. The Morgan fingerprint density at radius 3 is 3.00 bits per heavy atom. The number of nitrogens with two attached hydrogens (primary N) is 1. The second-order valence-electron chi connectivity index (χ2n) is 4.22. The van der Waals surface area contributed by atoms with Crippen molar-refractivity contribution in [2.24, 2.45) is 5.73 Å². The molecule has 2 rings (SSSR count). The number of hydrogen-bond acceptors (Lipinski definition) is 5. The summed E-state index contributed by atoms with van der Waals surface area (Å²) >= 11 is 0. The Hall–Kier alpha value is -1.75. The Kier molecular flexibility index (Phi) is 3.49. The van der Waals surface area contributed by atoms with Gasteiger partial charge in [0.25, 0.3) is 0 Å². The largest absolute Gasteiger partial charge is 0.339 e. The molecule has 0 spiro atoms. The van der Waals surface area contributed by atoms with E-state index in [0.717, 1.165) is 17.5 Å². The van der Waals surface area contributed by atoms with Crippen LogP contribution in [0.15, 0.2) is 23.0 Å². The van der Waals surface area contributed by atoms with Crippen molar-refractivity contribution in [2.75, 3.05) is 0 Å². The lowest BCUT2D eigenvalue weighted by atomic mass is 10.1. The standard InChI is InChI=1S/C12H16N4O/c1-8-5-6-14-7-10(8)12-15-11(17-16-12)4-3-9(2)13/h5-7,9H,3-4,13H2,1-2H3. The van der Waals surface area contributed by atoms with Gasteiger partial charge in [0.15, 0.2) is 0 Å². The first kappa shape index (κ1) is 11.7. The van der Waals surface area contributed by atoms with E-state index in [-0.39, 0.29) is 6.04 Å². The number of hydrogen-bond donors (Lipinski definition) is 1. The van der Waals surface area contributed by atoms with Gasteiger partial charge in [0.2, 0.25) is 11.7 Å². The van der Waals surface area contributed by atoms with E-state index in [2.05, 4.69) is 15.1 Å². The summed E-state index contributed by atoms with van der Waals surface area (Å²) in [6.07, 6.45) is 5.04. The average Bonchev–Trinajstić information content (AvgIpc) is 2.75. The molecule has 0 fully saturated rings. The molecule has 1 atom stereocenters. The third-order valence-corrected chi connectivity index (χ3v) is 2.56. The normalized spacial score (nSPS) is 12.6. The highest BCUT2D eigenvalue weighted by molar-refractivity contribution is 5.57. The van der Waals surface area contributed by atoms with Crippen LogP contribution in [0.4, 0.5) is 0 Å². The van der Waals surface area contributed by atoms with Crippen molar-refractivity contribution >= 4 is 0 Å². The predicted octanol–water partition coefficient (Wildman–Crippen LogP) is 1.72. The minimum atomic E-state index is 0.144. The van der Waals surface area contributed by atoms with Gasteiger partial charge in [-0.3, -0.25) is 4.98 Å². The van der Waals surface area contributed by atoms with Crippen LogP contribution in [0.3, 0.4) is 0 Å². The maximum absolute atomic E-state index is 5.68. The third-order valence-electron chi connectivity index (χ3n) is 2.56. The van der Waals surface area contributed by atoms with Gasteiger partial charge in [-0.05, 0) is 31.9 Å². The molecule has 90 valence electrons. The second-order valence-corrected chi connectivity index (χ2v) is 4.22. The molecule has 2 N–H and O–H groups in total. The zero-order chi connectivity index (χ0) is 12.3. The van der Waals surface area contributed by atoms with Crippen molar-refractivity contribution in [3.8, 4) is 11.4 Å². The van der Waals surface area contributed by atoms with Crippen LogP contribution in [-0.2, 0) is 6.42 Å². The van der Waals surface area contributed by atoms with Crippen LogP contribution in [0.5, 0.6) is 0 Å². The lowest BCUT2D eigenvalue weighted by Crippen LogP contribution is -2.15. The Morgan fingerprint density at radius 2 is 2.29 bits per heavy atom. The third kappa shape index (κ3) is 2.88. The number of aryl methyl sites for hydroxylation is 2. The fourth-order valence-electron chi connectivity index (χ4n) is 1.52. The molecule has 2 aromatic heterocycles. The van der Waals surface area contributed by atoms with Crippen LogP contribution in [0.1, 0.15) is 24.8 Å².